The highest BCUT2D eigenvalue weighted by molar-refractivity contribution is 14.0. The lowest BCUT2D eigenvalue weighted by molar-refractivity contribution is 0.497. The number of hydrogen-bond acceptors (Lipinski definition) is 4. The number of nitrogens with zero attached hydrogens (tertiary/aromatic N) is 6. The van der Waals surface area contributed by atoms with E-state index >= 15 is 0 Å². The van der Waals surface area contributed by atoms with Gasteiger partial charge in [-0.05, 0) is 52.0 Å². The fraction of sp³-hybridized carbons (Fsp3) is 0.700. The van der Waals surface area contributed by atoms with E-state index in [1.165, 1.54) is 24.1 Å². The summed E-state index contributed by atoms with van der Waals surface area (Å²) in [6.07, 6.45) is 8.76. The molecule has 1 atom stereocenters. The first kappa shape index (κ1) is 22.0. The normalized spacial score (nSPS) is 18.8. The zero-order valence-corrected chi connectivity index (χ0v) is 20.0. The molecule has 29 heavy (non-hydrogen) atoms. The van der Waals surface area contributed by atoms with Gasteiger partial charge in [0.2, 0.25) is 0 Å². The Hall–Kier alpha value is -1.65. The Morgan fingerprint density at radius 2 is 2.14 bits per heavy atom. The molecule has 0 radical (unpaired) electrons. The molecule has 0 bridgehead atoms. The zero-order valence-electron chi connectivity index (χ0n) is 17.7. The van der Waals surface area contributed by atoms with Crippen LogP contribution in [0, 0.1) is 0 Å². The van der Waals surface area contributed by atoms with Crippen LogP contribution in [-0.2, 0) is 32.4 Å². The lowest BCUT2D eigenvalue weighted by Gasteiger charge is -2.24. The Kier molecular flexibility index (Phi) is 7.53. The smallest absolute Gasteiger partial charge is 0.191 e. The minimum Gasteiger partial charge on any atom is -0.357 e. The molecule has 9 heteroatoms. The van der Waals surface area contributed by atoms with Gasteiger partial charge in [-0.2, -0.15) is 5.10 Å². The molecule has 0 fully saturated rings. The summed E-state index contributed by atoms with van der Waals surface area (Å²) in [6.45, 7) is 8.85. The molecule has 2 aromatic heterocycles. The summed E-state index contributed by atoms with van der Waals surface area (Å²) in [5.41, 5.74) is 2.61. The average Bonchev–Trinajstić information content (AvgIpc) is 3.30. The minimum absolute atomic E-state index is 0. The Balaban J connectivity index is 0.00000240. The van der Waals surface area contributed by atoms with Crippen LogP contribution in [0.1, 0.15) is 69.0 Å². The van der Waals surface area contributed by atoms with E-state index in [4.69, 9.17) is 10.1 Å². The molecule has 0 spiro atoms. The highest BCUT2D eigenvalue weighted by atomic mass is 127. The number of hydrogen-bond donors (Lipinski definition) is 2. The van der Waals surface area contributed by atoms with Gasteiger partial charge in [0, 0.05) is 44.2 Å². The molecule has 0 aromatic carbocycles. The highest BCUT2D eigenvalue weighted by Gasteiger charge is 2.23. The average molecular weight is 512 g/mol. The first-order valence-corrected chi connectivity index (χ1v) is 10.7. The summed E-state index contributed by atoms with van der Waals surface area (Å²) in [5.74, 6) is 2.93. The van der Waals surface area contributed by atoms with Crippen molar-refractivity contribution in [2.45, 2.75) is 84.5 Å². The molecule has 2 aliphatic rings. The van der Waals surface area contributed by atoms with E-state index < -0.39 is 0 Å². The predicted octanol–water partition coefficient (Wildman–Crippen LogP) is 2.62. The summed E-state index contributed by atoms with van der Waals surface area (Å²) in [6, 6.07) is 0.762. The maximum atomic E-state index is 4.79. The third-order valence-electron chi connectivity index (χ3n) is 5.63. The van der Waals surface area contributed by atoms with Gasteiger partial charge in [0.15, 0.2) is 11.8 Å². The van der Waals surface area contributed by atoms with Crippen molar-refractivity contribution >= 4 is 29.9 Å². The van der Waals surface area contributed by atoms with Gasteiger partial charge in [0.1, 0.15) is 12.4 Å². The highest BCUT2D eigenvalue weighted by Crippen LogP contribution is 2.22. The number of fused-ring (bicyclic) bond motifs is 2. The van der Waals surface area contributed by atoms with E-state index in [0.29, 0.717) is 18.6 Å². The van der Waals surface area contributed by atoms with Crippen LogP contribution in [0.3, 0.4) is 0 Å². The van der Waals surface area contributed by atoms with E-state index in [9.17, 15) is 0 Å². The van der Waals surface area contributed by atoms with Gasteiger partial charge in [-0.15, -0.1) is 34.2 Å². The quantitative estimate of drug-likeness (QED) is 0.366. The van der Waals surface area contributed by atoms with E-state index in [0.717, 1.165) is 56.4 Å². The van der Waals surface area contributed by atoms with Gasteiger partial charge < -0.3 is 15.2 Å². The Labute approximate surface area is 190 Å². The minimum atomic E-state index is 0. The van der Waals surface area contributed by atoms with E-state index in [1.54, 1.807) is 0 Å². The van der Waals surface area contributed by atoms with E-state index in [1.807, 2.05) is 0 Å². The van der Waals surface area contributed by atoms with Crippen LogP contribution in [0.15, 0.2) is 11.2 Å². The molecule has 4 rings (SSSR count). The number of aliphatic imine (C=N–C) groups is 1. The van der Waals surface area contributed by atoms with Crippen molar-refractivity contribution in [3.05, 3.63) is 29.1 Å². The van der Waals surface area contributed by atoms with Crippen molar-refractivity contribution in [1.82, 2.24) is 35.2 Å². The van der Waals surface area contributed by atoms with Gasteiger partial charge in [-0.3, -0.25) is 4.68 Å². The molecule has 2 N–H and O–H groups in total. The predicted molar refractivity (Wildman–Crippen MR) is 125 cm³/mol. The van der Waals surface area contributed by atoms with Gasteiger partial charge in [0.25, 0.3) is 0 Å². The van der Waals surface area contributed by atoms with Gasteiger partial charge in [-0.1, -0.05) is 0 Å². The fourth-order valence-electron chi connectivity index (χ4n) is 4.05. The van der Waals surface area contributed by atoms with Crippen LogP contribution < -0.4 is 10.6 Å². The maximum Gasteiger partial charge on any atom is 0.191 e. The molecule has 0 amide bonds. The fourth-order valence-corrected chi connectivity index (χ4v) is 4.05. The van der Waals surface area contributed by atoms with Crippen LogP contribution in [0.2, 0.25) is 0 Å². The zero-order chi connectivity index (χ0) is 19.5. The molecular formula is C20H33IN8. The SMILES string of the molecule is CCNC(=NCc1nnc2n1CCCC2)NC1CCc2cn(C(C)C)nc2C1.I. The van der Waals surface area contributed by atoms with Crippen molar-refractivity contribution in [3.63, 3.8) is 0 Å². The summed E-state index contributed by atoms with van der Waals surface area (Å²) in [5, 5.41) is 20.5. The van der Waals surface area contributed by atoms with Gasteiger partial charge in [0.05, 0.1) is 5.69 Å². The van der Waals surface area contributed by atoms with Crippen molar-refractivity contribution in [2.24, 2.45) is 4.99 Å². The lowest BCUT2D eigenvalue weighted by Crippen LogP contribution is -2.45. The molecule has 8 nitrogen and oxygen atoms in total. The van der Waals surface area contributed by atoms with Crippen LogP contribution in [0.4, 0.5) is 0 Å². The first-order valence-electron chi connectivity index (χ1n) is 10.7. The Morgan fingerprint density at radius 3 is 2.93 bits per heavy atom. The largest absolute Gasteiger partial charge is 0.357 e. The number of guanidine groups is 1. The summed E-state index contributed by atoms with van der Waals surface area (Å²) in [7, 11) is 0. The molecule has 0 saturated heterocycles. The second-order valence-corrected chi connectivity index (χ2v) is 8.10. The molecule has 160 valence electrons. The van der Waals surface area contributed by atoms with Crippen molar-refractivity contribution in [3.8, 4) is 0 Å². The summed E-state index contributed by atoms with van der Waals surface area (Å²) < 4.78 is 4.32. The van der Waals surface area contributed by atoms with E-state index in [2.05, 4.69) is 57.0 Å². The molecule has 1 unspecified atom stereocenters. The monoisotopic (exact) mass is 512 g/mol. The van der Waals surface area contributed by atoms with Gasteiger partial charge >= 0.3 is 0 Å². The molecular weight excluding hydrogens is 479 g/mol. The maximum absolute atomic E-state index is 4.79. The summed E-state index contributed by atoms with van der Waals surface area (Å²) in [4.78, 5) is 4.79. The third-order valence-corrected chi connectivity index (χ3v) is 5.63. The number of aromatic nitrogens is 5. The molecule has 1 aliphatic heterocycles. The molecule has 2 aromatic rings. The topological polar surface area (TPSA) is 85.0 Å². The van der Waals surface area contributed by atoms with Gasteiger partial charge in [-0.25, -0.2) is 4.99 Å². The second-order valence-electron chi connectivity index (χ2n) is 8.10. The Bertz CT molecular complexity index is 838. The number of halogens is 1. The third kappa shape index (κ3) is 5.10. The lowest BCUT2D eigenvalue weighted by atomic mass is 9.94. The first-order chi connectivity index (χ1) is 13.6. The van der Waals surface area contributed by atoms with E-state index in [-0.39, 0.29) is 24.0 Å². The Morgan fingerprint density at radius 1 is 1.28 bits per heavy atom. The number of aryl methyl sites for hydroxylation is 2. The van der Waals surface area contributed by atoms with Crippen molar-refractivity contribution < 1.29 is 0 Å². The number of rotatable bonds is 5. The van der Waals surface area contributed by atoms with Crippen LogP contribution >= 0.6 is 24.0 Å². The van der Waals surface area contributed by atoms with Crippen LogP contribution in [0.5, 0.6) is 0 Å². The summed E-state index contributed by atoms with van der Waals surface area (Å²) >= 11 is 0. The molecule has 0 saturated carbocycles. The molecule has 1 aliphatic carbocycles. The van der Waals surface area contributed by atoms with Crippen LogP contribution in [-0.4, -0.2) is 43.1 Å². The standard InChI is InChI=1S/C20H32N8.HI/c1-4-21-20(22-12-19-25-24-18-7-5-6-10-27(18)19)23-16-9-8-15-13-28(14(2)3)26-17(15)11-16;/h13-14,16H,4-12H2,1-3H3,(H2,21,22,23);1H. The van der Waals surface area contributed by atoms with Crippen molar-refractivity contribution in [2.75, 3.05) is 6.54 Å². The van der Waals surface area contributed by atoms with Crippen molar-refractivity contribution in [1.29, 1.82) is 0 Å². The van der Waals surface area contributed by atoms with Crippen LogP contribution in [0.25, 0.3) is 0 Å². The molecule has 3 heterocycles. The number of nitrogens with one attached hydrogen (secondary N) is 2. The second kappa shape index (κ2) is 9.90.